The van der Waals surface area contributed by atoms with Gasteiger partial charge in [-0.1, -0.05) is 104 Å². The fraction of sp³-hybridized carbons (Fsp3) is 0.111. The average Bonchev–Trinajstić information content (AvgIpc) is 2.96. The van der Waals surface area contributed by atoms with Gasteiger partial charge in [0.2, 0.25) is 0 Å². The van der Waals surface area contributed by atoms with E-state index in [0.29, 0.717) is 0 Å². The molecule has 1 heteroatoms. The Labute approximate surface area is 171 Å². The fourth-order valence-corrected chi connectivity index (χ4v) is 4.83. The van der Waals surface area contributed by atoms with Crippen molar-refractivity contribution >= 4 is 11.6 Å². The smallest absolute Gasteiger partial charge is 0.0490 e. The molecule has 0 amide bonds. The van der Waals surface area contributed by atoms with Gasteiger partial charge in [0.05, 0.1) is 0 Å². The van der Waals surface area contributed by atoms with Crippen LogP contribution in [-0.2, 0) is 5.41 Å². The third-order valence-corrected chi connectivity index (χ3v) is 6.29. The van der Waals surface area contributed by atoms with Crippen molar-refractivity contribution in [3.63, 3.8) is 0 Å². The van der Waals surface area contributed by atoms with Crippen LogP contribution in [0.3, 0.4) is 0 Å². The standard InChI is InChI=1S/C27H21Cl/c1-27(2)23-13-7-6-11-21(23)22-17-19(15-16-24(22)27)20-12-8-14-25(28)26(20)18-9-4-3-5-10-18/h3-17H,1-2H3. The second-order valence-electron chi connectivity index (χ2n) is 7.96. The van der Waals surface area contributed by atoms with Gasteiger partial charge in [0.15, 0.2) is 0 Å². The maximum absolute atomic E-state index is 6.66. The van der Waals surface area contributed by atoms with Crippen molar-refractivity contribution in [2.45, 2.75) is 19.3 Å². The first-order chi connectivity index (χ1) is 13.6. The van der Waals surface area contributed by atoms with E-state index < -0.39 is 0 Å². The molecule has 0 saturated carbocycles. The lowest BCUT2D eigenvalue weighted by Crippen LogP contribution is -2.14. The molecule has 1 aliphatic rings. The molecule has 0 heterocycles. The number of hydrogen-bond donors (Lipinski definition) is 0. The molecule has 4 aromatic rings. The van der Waals surface area contributed by atoms with E-state index in [1.165, 1.54) is 33.4 Å². The lowest BCUT2D eigenvalue weighted by atomic mass is 9.82. The number of rotatable bonds is 2. The highest BCUT2D eigenvalue weighted by Gasteiger charge is 2.35. The average molecular weight is 381 g/mol. The van der Waals surface area contributed by atoms with Crippen LogP contribution in [0.4, 0.5) is 0 Å². The molecule has 0 aliphatic heterocycles. The van der Waals surface area contributed by atoms with Crippen LogP contribution in [0.25, 0.3) is 33.4 Å². The topological polar surface area (TPSA) is 0 Å². The summed E-state index contributed by atoms with van der Waals surface area (Å²) in [6.45, 7) is 4.62. The first kappa shape index (κ1) is 17.3. The molecule has 1 aliphatic carbocycles. The third-order valence-electron chi connectivity index (χ3n) is 5.97. The van der Waals surface area contributed by atoms with Gasteiger partial charge in [-0.25, -0.2) is 0 Å². The zero-order chi connectivity index (χ0) is 19.3. The van der Waals surface area contributed by atoms with Gasteiger partial charge < -0.3 is 0 Å². The van der Waals surface area contributed by atoms with Crippen molar-refractivity contribution in [2.75, 3.05) is 0 Å². The molecule has 0 fully saturated rings. The number of halogens is 1. The van der Waals surface area contributed by atoms with Crippen molar-refractivity contribution in [2.24, 2.45) is 0 Å². The van der Waals surface area contributed by atoms with E-state index >= 15 is 0 Å². The Balaban J connectivity index is 1.74. The largest absolute Gasteiger partial charge is 0.0836 e. The van der Waals surface area contributed by atoms with Gasteiger partial charge in [0.1, 0.15) is 0 Å². The monoisotopic (exact) mass is 380 g/mol. The molecular weight excluding hydrogens is 360 g/mol. The summed E-state index contributed by atoms with van der Waals surface area (Å²) in [5.41, 5.74) is 10.1. The summed E-state index contributed by atoms with van der Waals surface area (Å²) in [5, 5.41) is 0.782. The summed E-state index contributed by atoms with van der Waals surface area (Å²) < 4.78 is 0. The zero-order valence-electron chi connectivity index (χ0n) is 16.0. The van der Waals surface area contributed by atoms with E-state index in [9.17, 15) is 0 Å². The van der Waals surface area contributed by atoms with Crippen LogP contribution in [0.15, 0.2) is 91.0 Å². The van der Waals surface area contributed by atoms with Crippen molar-refractivity contribution in [3.8, 4) is 33.4 Å². The summed E-state index contributed by atoms with van der Waals surface area (Å²) in [4.78, 5) is 0. The predicted molar refractivity (Wildman–Crippen MR) is 120 cm³/mol. The first-order valence-corrected chi connectivity index (χ1v) is 10.0. The second kappa shape index (κ2) is 6.36. The van der Waals surface area contributed by atoms with Gasteiger partial charge in [-0.2, -0.15) is 0 Å². The van der Waals surface area contributed by atoms with E-state index in [4.69, 9.17) is 11.6 Å². The van der Waals surface area contributed by atoms with Gasteiger partial charge in [0, 0.05) is 16.0 Å². The molecule has 0 N–H and O–H groups in total. The molecular formula is C27H21Cl. The Morgan fingerprint density at radius 2 is 1.25 bits per heavy atom. The summed E-state index contributed by atoms with van der Waals surface area (Å²) in [6.07, 6.45) is 0. The van der Waals surface area contributed by atoms with E-state index in [1.54, 1.807) is 0 Å². The Bertz CT molecular complexity index is 1190. The minimum Gasteiger partial charge on any atom is -0.0836 e. The summed E-state index contributed by atoms with van der Waals surface area (Å²) in [6, 6.07) is 32.2. The first-order valence-electron chi connectivity index (χ1n) is 9.66. The quantitative estimate of drug-likeness (QED) is 0.330. The number of benzene rings is 4. The maximum Gasteiger partial charge on any atom is 0.0490 e. The van der Waals surface area contributed by atoms with Gasteiger partial charge in [-0.3, -0.25) is 0 Å². The minimum absolute atomic E-state index is 0.0288. The van der Waals surface area contributed by atoms with Crippen LogP contribution < -0.4 is 0 Å². The van der Waals surface area contributed by atoms with E-state index in [-0.39, 0.29) is 5.41 Å². The lowest BCUT2D eigenvalue weighted by molar-refractivity contribution is 0.660. The van der Waals surface area contributed by atoms with Crippen LogP contribution in [0, 0.1) is 0 Å². The summed E-state index contributed by atoms with van der Waals surface area (Å²) in [5.74, 6) is 0. The Hall–Kier alpha value is -2.83. The van der Waals surface area contributed by atoms with E-state index in [0.717, 1.165) is 16.1 Å². The number of fused-ring (bicyclic) bond motifs is 3. The van der Waals surface area contributed by atoms with Crippen molar-refractivity contribution in [1.82, 2.24) is 0 Å². The van der Waals surface area contributed by atoms with Crippen LogP contribution in [0.1, 0.15) is 25.0 Å². The molecule has 4 aromatic carbocycles. The summed E-state index contributed by atoms with van der Waals surface area (Å²) >= 11 is 6.66. The Morgan fingerprint density at radius 3 is 2.07 bits per heavy atom. The SMILES string of the molecule is CC1(C)c2ccccc2-c2cc(-c3cccc(Cl)c3-c3ccccc3)ccc21. The molecule has 0 unspecified atom stereocenters. The lowest BCUT2D eigenvalue weighted by Gasteiger charge is -2.21. The van der Waals surface area contributed by atoms with Crippen LogP contribution >= 0.6 is 11.6 Å². The highest BCUT2D eigenvalue weighted by Crippen LogP contribution is 2.50. The van der Waals surface area contributed by atoms with Crippen molar-refractivity contribution in [1.29, 1.82) is 0 Å². The highest BCUT2D eigenvalue weighted by molar-refractivity contribution is 6.34. The molecule has 0 bridgehead atoms. The zero-order valence-corrected chi connectivity index (χ0v) is 16.8. The molecule has 0 radical (unpaired) electrons. The highest BCUT2D eigenvalue weighted by atomic mass is 35.5. The van der Waals surface area contributed by atoms with E-state index in [2.05, 4.69) is 86.6 Å². The van der Waals surface area contributed by atoms with Gasteiger partial charge in [0.25, 0.3) is 0 Å². The Morgan fingerprint density at radius 1 is 0.571 bits per heavy atom. The van der Waals surface area contributed by atoms with Crippen LogP contribution in [0.2, 0.25) is 5.02 Å². The van der Waals surface area contributed by atoms with Crippen molar-refractivity contribution in [3.05, 3.63) is 107 Å². The summed E-state index contributed by atoms with van der Waals surface area (Å²) in [7, 11) is 0. The van der Waals surface area contributed by atoms with Gasteiger partial charge in [-0.15, -0.1) is 0 Å². The molecule has 0 saturated heterocycles. The third kappa shape index (κ3) is 2.52. The normalized spacial score (nSPS) is 13.8. The molecule has 28 heavy (non-hydrogen) atoms. The molecule has 0 spiro atoms. The second-order valence-corrected chi connectivity index (χ2v) is 8.37. The molecule has 0 nitrogen and oxygen atoms in total. The molecule has 0 atom stereocenters. The fourth-order valence-electron chi connectivity index (χ4n) is 4.55. The molecule has 5 rings (SSSR count). The van der Waals surface area contributed by atoms with Crippen molar-refractivity contribution < 1.29 is 0 Å². The number of hydrogen-bond acceptors (Lipinski definition) is 0. The van der Waals surface area contributed by atoms with Gasteiger partial charge >= 0.3 is 0 Å². The Kier molecular flexibility index (Phi) is 3.92. The minimum atomic E-state index is 0.0288. The van der Waals surface area contributed by atoms with E-state index in [1.807, 2.05) is 18.2 Å². The van der Waals surface area contributed by atoms with Crippen LogP contribution in [-0.4, -0.2) is 0 Å². The molecule has 0 aromatic heterocycles. The van der Waals surface area contributed by atoms with Gasteiger partial charge in [-0.05, 0) is 51.1 Å². The molecule has 136 valence electrons. The maximum atomic E-state index is 6.66. The predicted octanol–water partition coefficient (Wildman–Crippen LogP) is 7.98. The van der Waals surface area contributed by atoms with Crippen LogP contribution in [0.5, 0.6) is 0 Å².